The quantitative estimate of drug-likeness (QED) is 0.501. The van der Waals surface area contributed by atoms with Gasteiger partial charge in [-0.2, -0.15) is 0 Å². The van der Waals surface area contributed by atoms with Gasteiger partial charge in [0.05, 0.1) is 6.54 Å². The number of guanidine groups is 1. The fraction of sp³-hybridized carbons (Fsp3) is 0.308. The van der Waals surface area contributed by atoms with Crippen LogP contribution < -0.4 is 11.1 Å². The monoisotopic (exact) mass is 345 g/mol. The second-order valence-corrected chi connectivity index (χ2v) is 3.84. The third kappa shape index (κ3) is 7.79. The number of nitrogens with zero attached hydrogens (tertiary/aromatic N) is 1. The van der Waals surface area contributed by atoms with Crippen molar-refractivity contribution in [1.29, 1.82) is 0 Å². The van der Waals surface area contributed by atoms with Gasteiger partial charge in [-0.3, -0.25) is 0 Å². The molecule has 0 saturated carbocycles. The minimum atomic E-state index is 0. The summed E-state index contributed by atoms with van der Waals surface area (Å²) in [6, 6.07) is 10.4. The minimum Gasteiger partial charge on any atom is -0.370 e. The lowest BCUT2D eigenvalue weighted by Gasteiger charge is -2.07. The Morgan fingerprint density at radius 3 is 2.59 bits per heavy atom. The number of aliphatic imine (C=N–C) groups is 1. The maximum atomic E-state index is 5.66. The normalized spacial score (nSPS) is 11.6. The highest BCUT2D eigenvalue weighted by molar-refractivity contribution is 14.0. The van der Waals surface area contributed by atoms with Crippen LogP contribution in [0.5, 0.6) is 0 Å². The predicted octanol–water partition coefficient (Wildman–Crippen LogP) is 2.63. The highest BCUT2D eigenvalue weighted by atomic mass is 127. The summed E-state index contributed by atoms with van der Waals surface area (Å²) in [5, 5.41) is 3.04. The van der Waals surface area contributed by atoms with Crippen LogP contribution >= 0.6 is 24.0 Å². The molecule has 3 nitrogen and oxygen atoms in total. The molecule has 1 aromatic rings. The fourth-order valence-corrected chi connectivity index (χ4v) is 1.25. The maximum Gasteiger partial charge on any atom is 0.189 e. The largest absolute Gasteiger partial charge is 0.370 e. The Morgan fingerprint density at radius 2 is 2.00 bits per heavy atom. The molecule has 0 aliphatic heterocycles. The van der Waals surface area contributed by atoms with E-state index in [0.717, 1.165) is 0 Å². The molecule has 0 aliphatic rings. The Balaban J connectivity index is 0.00000256. The number of benzene rings is 1. The first-order valence-corrected chi connectivity index (χ1v) is 5.46. The van der Waals surface area contributed by atoms with Gasteiger partial charge in [-0.25, -0.2) is 4.99 Å². The summed E-state index contributed by atoms with van der Waals surface area (Å²) in [6.45, 7) is 4.66. The highest BCUT2D eigenvalue weighted by Crippen LogP contribution is 2.00. The summed E-state index contributed by atoms with van der Waals surface area (Å²) in [5.41, 5.74) is 6.83. The van der Waals surface area contributed by atoms with E-state index in [0.29, 0.717) is 18.5 Å². The van der Waals surface area contributed by atoms with Gasteiger partial charge in [0.25, 0.3) is 0 Å². The molecule has 17 heavy (non-hydrogen) atoms. The summed E-state index contributed by atoms with van der Waals surface area (Å²) < 4.78 is 0. The van der Waals surface area contributed by atoms with Crippen molar-refractivity contribution in [2.24, 2.45) is 10.7 Å². The third-order valence-corrected chi connectivity index (χ3v) is 1.91. The Kier molecular flexibility index (Phi) is 8.49. The molecule has 0 aromatic heterocycles. The topological polar surface area (TPSA) is 50.4 Å². The second-order valence-electron chi connectivity index (χ2n) is 3.84. The predicted molar refractivity (Wildman–Crippen MR) is 85.7 cm³/mol. The van der Waals surface area contributed by atoms with E-state index in [4.69, 9.17) is 5.73 Å². The van der Waals surface area contributed by atoms with E-state index in [1.807, 2.05) is 44.2 Å². The van der Waals surface area contributed by atoms with Gasteiger partial charge in [0.2, 0.25) is 0 Å². The van der Waals surface area contributed by atoms with Crippen LogP contribution in [0, 0.1) is 0 Å². The van der Waals surface area contributed by atoms with Crippen LogP contribution in [0.4, 0.5) is 0 Å². The first-order valence-electron chi connectivity index (χ1n) is 5.46. The number of hydrogen-bond donors (Lipinski definition) is 2. The van der Waals surface area contributed by atoms with E-state index in [-0.39, 0.29) is 24.0 Å². The molecule has 0 saturated heterocycles. The average Bonchev–Trinajstić information content (AvgIpc) is 2.25. The third-order valence-electron chi connectivity index (χ3n) is 1.91. The summed E-state index contributed by atoms with van der Waals surface area (Å²) in [5.74, 6) is 0.493. The fourth-order valence-electron chi connectivity index (χ4n) is 1.25. The van der Waals surface area contributed by atoms with Crippen LogP contribution in [-0.2, 0) is 0 Å². The van der Waals surface area contributed by atoms with E-state index in [1.165, 1.54) is 5.56 Å². The Bertz CT molecular complexity index is 358. The van der Waals surface area contributed by atoms with E-state index in [2.05, 4.69) is 22.4 Å². The Hall–Kier alpha value is -1.04. The summed E-state index contributed by atoms with van der Waals surface area (Å²) in [6.07, 6.45) is 4.02. The van der Waals surface area contributed by atoms with Gasteiger partial charge in [-0.1, -0.05) is 42.5 Å². The minimum absolute atomic E-state index is 0. The van der Waals surface area contributed by atoms with Gasteiger partial charge in [-0.05, 0) is 19.4 Å². The van der Waals surface area contributed by atoms with Crippen molar-refractivity contribution >= 4 is 36.0 Å². The first kappa shape index (κ1) is 16.0. The molecule has 3 N–H and O–H groups in total. The van der Waals surface area contributed by atoms with Crippen molar-refractivity contribution < 1.29 is 0 Å². The molecule has 0 aliphatic carbocycles. The second kappa shape index (κ2) is 9.04. The van der Waals surface area contributed by atoms with Crippen LogP contribution in [0.25, 0.3) is 6.08 Å². The SMILES string of the molecule is CC(C)NC(N)=NCC=Cc1ccccc1.I. The zero-order valence-corrected chi connectivity index (χ0v) is 12.6. The molecule has 0 bridgehead atoms. The molecule has 94 valence electrons. The average molecular weight is 345 g/mol. The highest BCUT2D eigenvalue weighted by Gasteiger charge is 1.92. The van der Waals surface area contributed by atoms with Crippen molar-refractivity contribution in [3.05, 3.63) is 42.0 Å². The van der Waals surface area contributed by atoms with Crippen LogP contribution in [0.1, 0.15) is 19.4 Å². The number of halogens is 1. The van der Waals surface area contributed by atoms with Gasteiger partial charge in [0.1, 0.15) is 0 Å². The lowest BCUT2D eigenvalue weighted by Crippen LogP contribution is -2.36. The molecule has 0 unspecified atom stereocenters. The van der Waals surface area contributed by atoms with Gasteiger partial charge >= 0.3 is 0 Å². The van der Waals surface area contributed by atoms with Crippen LogP contribution in [0.3, 0.4) is 0 Å². The van der Waals surface area contributed by atoms with Crippen molar-refractivity contribution in [2.45, 2.75) is 19.9 Å². The van der Waals surface area contributed by atoms with Crippen molar-refractivity contribution in [3.63, 3.8) is 0 Å². The van der Waals surface area contributed by atoms with Gasteiger partial charge in [0.15, 0.2) is 5.96 Å². The van der Waals surface area contributed by atoms with Crippen molar-refractivity contribution in [3.8, 4) is 0 Å². The van der Waals surface area contributed by atoms with E-state index in [9.17, 15) is 0 Å². The molecule has 0 atom stereocenters. The molecule has 1 aromatic carbocycles. The molecule has 0 spiro atoms. The number of nitrogens with one attached hydrogen (secondary N) is 1. The van der Waals surface area contributed by atoms with Gasteiger partial charge < -0.3 is 11.1 Å². The molecular weight excluding hydrogens is 325 g/mol. The zero-order chi connectivity index (χ0) is 11.8. The molecule has 1 rings (SSSR count). The molecule has 0 fully saturated rings. The van der Waals surface area contributed by atoms with Gasteiger partial charge in [0, 0.05) is 6.04 Å². The van der Waals surface area contributed by atoms with Crippen molar-refractivity contribution in [1.82, 2.24) is 5.32 Å². The summed E-state index contributed by atoms with van der Waals surface area (Å²) >= 11 is 0. The van der Waals surface area contributed by atoms with Crippen LogP contribution in [-0.4, -0.2) is 18.5 Å². The van der Waals surface area contributed by atoms with Crippen molar-refractivity contribution in [2.75, 3.05) is 6.54 Å². The van der Waals surface area contributed by atoms with Gasteiger partial charge in [-0.15, -0.1) is 24.0 Å². The van der Waals surface area contributed by atoms with Crippen LogP contribution in [0.15, 0.2) is 41.4 Å². The number of nitrogens with two attached hydrogens (primary N) is 1. The lowest BCUT2D eigenvalue weighted by molar-refractivity contribution is 0.726. The molecule has 0 heterocycles. The zero-order valence-electron chi connectivity index (χ0n) is 10.3. The van der Waals surface area contributed by atoms with E-state index in [1.54, 1.807) is 0 Å². The smallest absolute Gasteiger partial charge is 0.189 e. The molecule has 4 heteroatoms. The Morgan fingerprint density at radius 1 is 1.35 bits per heavy atom. The number of hydrogen-bond acceptors (Lipinski definition) is 1. The van der Waals surface area contributed by atoms with E-state index < -0.39 is 0 Å². The number of rotatable bonds is 4. The standard InChI is InChI=1S/C13H19N3.HI/c1-11(2)16-13(14)15-10-6-9-12-7-4-3-5-8-12;/h3-9,11H,10H2,1-2H3,(H3,14,15,16);1H. The molecule has 0 radical (unpaired) electrons. The summed E-state index contributed by atoms with van der Waals surface area (Å²) in [4.78, 5) is 4.18. The maximum absolute atomic E-state index is 5.66. The Labute approximate surface area is 120 Å². The molecular formula is C13H20IN3. The van der Waals surface area contributed by atoms with E-state index >= 15 is 0 Å². The lowest BCUT2D eigenvalue weighted by atomic mass is 10.2. The first-order chi connectivity index (χ1) is 7.68. The van der Waals surface area contributed by atoms with Crippen LogP contribution in [0.2, 0.25) is 0 Å². The summed E-state index contributed by atoms with van der Waals surface area (Å²) in [7, 11) is 0. The molecule has 0 amide bonds.